The number of halogens is 7. The van der Waals surface area contributed by atoms with Crippen LogP contribution >= 0.6 is 0 Å². The SMILES string of the molecule is CC(=O)c1cccc(C(O)CC(F)(F)C(F)(F)C(F)(F)F)c1. The van der Waals surface area contributed by atoms with E-state index in [9.17, 15) is 40.6 Å². The Hall–Kier alpha value is -1.64. The van der Waals surface area contributed by atoms with Gasteiger partial charge >= 0.3 is 18.0 Å². The Bertz CT molecular complexity index is 552. The molecule has 1 aromatic rings. The fourth-order valence-corrected chi connectivity index (χ4v) is 1.66. The molecule has 0 fully saturated rings. The Kier molecular flexibility index (Phi) is 4.91. The van der Waals surface area contributed by atoms with Crippen molar-refractivity contribution in [3.05, 3.63) is 35.4 Å². The van der Waals surface area contributed by atoms with Gasteiger partial charge in [0.05, 0.1) is 6.10 Å². The first-order chi connectivity index (χ1) is 9.79. The molecule has 0 saturated heterocycles. The molecule has 0 heterocycles. The zero-order chi connectivity index (χ0) is 17.3. The molecule has 0 spiro atoms. The van der Waals surface area contributed by atoms with Crippen molar-refractivity contribution >= 4 is 5.78 Å². The summed E-state index contributed by atoms with van der Waals surface area (Å²) in [6, 6.07) is 4.46. The Morgan fingerprint density at radius 1 is 1.14 bits per heavy atom. The van der Waals surface area contributed by atoms with E-state index < -0.39 is 36.3 Å². The molecule has 1 rings (SSSR count). The molecular formula is C13H11F7O2. The highest BCUT2D eigenvalue weighted by Gasteiger charge is 2.72. The summed E-state index contributed by atoms with van der Waals surface area (Å²) in [4.78, 5) is 11.1. The van der Waals surface area contributed by atoms with Crippen molar-refractivity contribution in [1.82, 2.24) is 0 Å². The Morgan fingerprint density at radius 2 is 1.68 bits per heavy atom. The molecule has 9 heteroatoms. The molecule has 124 valence electrons. The second-order valence-corrected chi connectivity index (χ2v) is 4.68. The fraction of sp³-hybridized carbons (Fsp3) is 0.462. The van der Waals surface area contributed by atoms with E-state index in [1.165, 1.54) is 12.1 Å². The summed E-state index contributed by atoms with van der Waals surface area (Å²) >= 11 is 0. The maximum Gasteiger partial charge on any atom is 0.459 e. The molecule has 1 N–H and O–H groups in total. The maximum absolute atomic E-state index is 13.2. The molecule has 0 aliphatic rings. The van der Waals surface area contributed by atoms with Crippen LogP contribution < -0.4 is 0 Å². The number of rotatable bonds is 5. The van der Waals surface area contributed by atoms with Gasteiger partial charge < -0.3 is 5.11 Å². The molecule has 0 aliphatic heterocycles. The van der Waals surface area contributed by atoms with E-state index in [0.29, 0.717) is 0 Å². The highest BCUT2D eigenvalue weighted by atomic mass is 19.4. The first kappa shape index (κ1) is 18.4. The van der Waals surface area contributed by atoms with Crippen LogP contribution in [0, 0.1) is 0 Å². The number of Topliss-reactive ketones (excluding diaryl/α,β-unsaturated/α-hetero) is 1. The first-order valence-corrected chi connectivity index (χ1v) is 5.91. The van der Waals surface area contributed by atoms with Crippen molar-refractivity contribution in [3.8, 4) is 0 Å². The lowest BCUT2D eigenvalue weighted by Gasteiger charge is -2.29. The predicted molar refractivity (Wildman–Crippen MR) is 62.0 cm³/mol. The third-order valence-electron chi connectivity index (χ3n) is 2.94. The van der Waals surface area contributed by atoms with Crippen molar-refractivity contribution < 1.29 is 40.6 Å². The Balaban J connectivity index is 3.03. The third-order valence-corrected chi connectivity index (χ3v) is 2.94. The van der Waals surface area contributed by atoms with Crippen LogP contribution in [0.25, 0.3) is 0 Å². The van der Waals surface area contributed by atoms with Crippen molar-refractivity contribution in [2.75, 3.05) is 0 Å². The lowest BCUT2D eigenvalue weighted by atomic mass is 9.97. The van der Waals surface area contributed by atoms with E-state index in [1.807, 2.05) is 0 Å². The summed E-state index contributed by atoms with van der Waals surface area (Å²) in [5.74, 6) is -12.3. The summed E-state index contributed by atoms with van der Waals surface area (Å²) < 4.78 is 87.9. The summed E-state index contributed by atoms with van der Waals surface area (Å²) in [5, 5.41) is 9.50. The number of ketones is 1. The van der Waals surface area contributed by atoms with Crippen LogP contribution in [-0.2, 0) is 0 Å². The van der Waals surface area contributed by atoms with E-state index in [2.05, 4.69) is 0 Å². The fourth-order valence-electron chi connectivity index (χ4n) is 1.66. The monoisotopic (exact) mass is 332 g/mol. The molecule has 22 heavy (non-hydrogen) atoms. The van der Waals surface area contributed by atoms with E-state index in [4.69, 9.17) is 0 Å². The maximum atomic E-state index is 13.2. The van der Waals surface area contributed by atoms with Crippen LogP contribution in [0.5, 0.6) is 0 Å². The molecule has 0 aromatic heterocycles. The van der Waals surface area contributed by atoms with E-state index in [-0.39, 0.29) is 11.1 Å². The van der Waals surface area contributed by atoms with E-state index >= 15 is 0 Å². The standard InChI is InChI=1S/C13H11F7O2/c1-7(21)8-3-2-4-9(5-8)10(22)6-11(14,15)12(16,17)13(18,19)20/h2-5,10,22H,6H2,1H3. The molecule has 2 nitrogen and oxygen atoms in total. The topological polar surface area (TPSA) is 37.3 Å². The molecule has 0 radical (unpaired) electrons. The highest BCUT2D eigenvalue weighted by molar-refractivity contribution is 5.94. The van der Waals surface area contributed by atoms with Gasteiger partial charge in [0.25, 0.3) is 0 Å². The van der Waals surface area contributed by atoms with Gasteiger partial charge in [-0.1, -0.05) is 18.2 Å². The zero-order valence-corrected chi connectivity index (χ0v) is 11.1. The van der Waals surface area contributed by atoms with Crippen molar-refractivity contribution in [3.63, 3.8) is 0 Å². The molecule has 0 amide bonds. The van der Waals surface area contributed by atoms with Crippen LogP contribution in [0.4, 0.5) is 30.7 Å². The van der Waals surface area contributed by atoms with Gasteiger partial charge in [0.1, 0.15) is 0 Å². The number of carbonyl (C=O) groups is 1. The number of aliphatic hydroxyl groups is 1. The molecule has 1 atom stereocenters. The zero-order valence-electron chi connectivity index (χ0n) is 11.1. The highest BCUT2D eigenvalue weighted by Crippen LogP contribution is 2.49. The van der Waals surface area contributed by atoms with Crippen LogP contribution in [0.3, 0.4) is 0 Å². The van der Waals surface area contributed by atoms with E-state index in [1.54, 1.807) is 0 Å². The minimum atomic E-state index is -6.45. The van der Waals surface area contributed by atoms with Gasteiger partial charge in [-0.2, -0.15) is 30.7 Å². The van der Waals surface area contributed by atoms with Crippen molar-refractivity contribution in [2.24, 2.45) is 0 Å². The van der Waals surface area contributed by atoms with Crippen molar-refractivity contribution in [1.29, 1.82) is 0 Å². The third kappa shape index (κ3) is 3.57. The van der Waals surface area contributed by atoms with Crippen LogP contribution in [0.2, 0.25) is 0 Å². The van der Waals surface area contributed by atoms with Gasteiger partial charge in [-0.3, -0.25) is 4.79 Å². The minimum Gasteiger partial charge on any atom is -0.388 e. The smallest absolute Gasteiger partial charge is 0.388 e. The van der Waals surface area contributed by atoms with Gasteiger partial charge in [0, 0.05) is 12.0 Å². The Labute approximate surface area is 120 Å². The largest absolute Gasteiger partial charge is 0.459 e. The number of alkyl halides is 7. The summed E-state index contributed by atoms with van der Waals surface area (Å²) in [5.41, 5.74) is -0.354. The van der Waals surface area contributed by atoms with Crippen molar-refractivity contribution in [2.45, 2.75) is 37.5 Å². The summed E-state index contributed by atoms with van der Waals surface area (Å²) in [6.07, 6.45) is -10.9. The number of hydrogen-bond donors (Lipinski definition) is 1. The molecule has 0 aliphatic carbocycles. The van der Waals surface area contributed by atoms with Crippen LogP contribution in [0.1, 0.15) is 35.4 Å². The molecule has 0 saturated carbocycles. The quantitative estimate of drug-likeness (QED) is 0.650. The van der Waals surface area contributed by atoms with Crippen LogP contribution in [-0.4, -0.2) is 28.9 Å². The number of hydrogen-bond acceptors (Lipinski definition) is 2. The molecule has 1 aromatic carbocycles. The lowest BCUT2D eigenvalue weighted by Crippen LogP contribution is -2.52. The Morgan fingerprint density at radius 3 is 2.14 bits per heavy atom. The molecule has 0 bridgehead atoms. The normalized spacial score (nSPS) is 14.8. The second kappa shape index (κ2) is 5.86. The van der Waals surface area contributed by atoms with Crippen LogP contribution in [0.15, 0.2) is 24.3 Å². The van der Waals surface area contributed by atoms with Gasteiger partial charge in [-0.25, -0.2) is 0 Å². The minimum absolute atomic E-state index is 0.00227. The van der Waals surface area contributed by atoms with Gasteiger partial charge in [0.2, 0.25) is 0 Å². The lowest BCUT2D eigenvalue weighted by molar-refractivity contribution is -0.358. The second-order valence-electron chi connectivity index (χ2n) is 4.68. The van der Waals surface area contributed by atoms with Gasteiger partial charge in [0.15, 0.2) is 5.78 Å². The predicted octanol–water partition coefficient (Wildman–Crippen LogP) is 4.15. The summed E-state index contributed by atoms with van der Waals surface area (Å²) in [7, 11) is 0. The first-order valence-electron chi connectivity index (χ1n) is 5.91. The van der Waals surface area contributed by atoms with Gasteiger partial charge in [-0.05, 0) is 18.6 Å². The number of aliphatic hydroxyl groups excluding tert-OH is 1. The summed E-state index contributed by atoms with van der Waals surface area (Å²) in [6.45, 7) is 1.14. The molecular weight excluding hydrogens is 321 g/mol. The average molecular weight is 332 g/mol. The van der Waals surface area contributed by atoms with Gasteiger partial charge in [-0.15, -0.1) is 0 Å². The number of benzene rings is 1. The van der Waals surface area contributed by atoms with E-state index in [0.717, 1.165) is 19.1 Å². The number of carbonyl (C=O) groups excluding carboxylic acids is 1. The average Bonchev–Trinajstić information content (AvgIpc) is 2.36. The molecule has 1 unspecified atom stereocenters.